The molecule has 116 valence electrons. The zero-order valence-corrected chi connectivity index (χ0v) is 13.0. The van der Waals surface area contributed by atoms with Crippen LogP contribution in [0.5, 0.6) is 0 Å². The number of hydrogen-bond acceptors (Lipinski definition) is 6. The fraction of sp³-hybridized carbons (Fsp3) is 0.733. The summed E-state index contributed by atoms with van der Waals surface area (Å²) in [6.45, 7) is 9.96. The van der Waals surface area contributed by atoms with Crippen LogP contribution in [0.3, 0.4) is 0 Å². The Morgan fingerprint density at radius 2 is 2.00 bits per heavy atom. The maximum absolute atomic E-state index is 6.04. The summed E-state index contributed by atoms with van der Waals surface area (Å²) in [5.74, 6) is 2.48. The summed E-state index contributed by atoms with van der Waals surface area (Å²) in [5.41, 5.74) is 7.05. The molecule has 3 heterocycles. The monoisotopic (exact) mass is 291 g/mol. The largest absolute Gasteiger partial charge is 0.383 e. The predicted octanol–water partition coefficient (Wildman–Crippen LogP) is 0.841. The molecule has 2 fully saturated rings. The van der Waals surface area contributed by atoms with Gasteiger partial charge in [-0.05, 0) is 13.3 Å². The number of nitrogens with two attached hydrogens (primary N) is 1. The topological polar surface area (TPSA) is 67.5 Å². The SMILES string of the molecule is CCc1nc(N)c(C)c(N2CCC(N3CCOCC3)C2)n1. The second-order valence-electron chi connectivity index (χ2n) is 5.86. The minimum Gasteiger partial charge on any atom is -0.383 e. The highest BCUT2D eigenvalue weighted by molar-refractivity contribution is 5.57. The first kappa shape index (κ1) is 14.5. The van der Waals surface area contributed by atoms with E-state index in [-0.39, 0.29) is 0 Å². The van der Waals surface area contributed by atoms with Gasteiger partial charge in [0, 0.05) is 44.2 Å². The van der Waals surface area contributed by atoms with Gasteiger partial charge in [-0.15, -0.1) is 0 Å². The summed E-state index contributed by atoms with van der Waals surface area (Å²) in [6, 6.07) is 0.606. The molecule has 0 radical (unpaired) electrons. The van der Waals surface area contributed by atoms with Gasteiger partial charge in [0.25, 0.3) is 0 Å². The molecule has 3 rings (SSSR count). The molecule has 0 saturated carbocycles. The third-order valence-corrected chi connectivity index (χ3v) is 4.55. The van der Waals surface area contributed by atoms with Crippen molar-refractivity contribution in [2.24, 2.45) is 0 Å². The van der Waals surface area contributed by atoms with E-state index in [0.717, 1.165) is 63.0 Å². The highest BCUT2D eigenvalue weighted by atomic mass is 16.5. The maximum atomic E-state index is 6.04. The van der Waals surface area contributed by atoms with Crippen LogP contribution in [-0.2, 0) is 11.2 Å². The second kappa shape index (κ2) is 6.15. The Morgan fingerprint density at radius 3 is 2.71 bits per heavy atom. The minimum atomic E-state index is 0.606. The molecule has 2 saturated heterocycles. The van der Waals surface area contributed by atoms with Gasteiger partial charge in [-0.1, -0.05) is 6.92 Å². The normalized spacial score (nSPS) is 23.7. The van der Waals surface area contributed by atoms with Gasteiger partial charge in [0.15, 0.2) is 0 Å². The Balaban J connectivity index is 1.75. The van der Waals surface area contributed by atoms with Gasteiger partial charge in [0.05, 0.1) is 13.2 Å². The molecule has 1 aromatic rings. The molecule has 6 heteroatoms. The quantitative estimate of drug-likeness (QED) is 0.890. The average Bonchev–Trinajstić information content (AvgIpc) is 3.00. The smallest absolute Gasteiger partial charge is 0.137 e. The maximum Gasteiger partial charge on any atom is 0.137 e. The number of aryl methyl sites for hydroxylation is 1. The van der Waals surface area contributed by atoms with Crippen LogP contribution < -0.4 is 10.6 Å². The highest BCUT2D eigenvalue weighted by Crippen LogP contribution is 2.27. The van der Waals surface area contributed by atoms with Crippen molar-refractivity contribution in [3.63, 3.8) is 0 Å². The molecule has 0 aliphatic carbocycles. The third-order valence-electron chi connectivity index (χ3n) is 4.55. The number of rotatable bonds is 3. The van der Waals surface area contributed by atoms with Crippen LogP contribution in [0.2, 0.25) is 0 Å². The number of morpholine rings is 1. The molecule has 6 nitrogen and oxygen atoms in total. The molecule has 1 aromatic heterocycles. The Morgan fingerprint density at radius 1 is 1.24 bits per heavy atom. The highest BCUT2D eigenvalue weighted by Gasteiger charge is 2.30. The van der Waals surface area contributed by atoms with E-state index in [4.69, 9.17) is 15.5 Å². The molecular formula is C15H25N5O. The van der Waals surface area contributed by atoms with E-state index in [1.807, 2.05) is 6.92 Å². The molecule has 0 spiro atoms. The van der Waals surface area contributed by atoms with E-state index < -0.39 is 0 Å². The number of nitrogen functional groups attached to an aromatic ring is 1. The van der Waals surface area contributed by atoms with Gasteiger partial charge in [-0.2, -0.15) is 0 Å². The molecule has 1 unspecified atom stereocenters. The van der Waals surface area contributed by atoms with Crippen LogP contribution >= 0.6 is 0 Å². The lowest BCUT2D eigenvalue weighted by molar-refractivity contribution is 0.0209. The first-order chi connectivity index (χ1) is 10.2. The fourth-order valence-electron chi connectivity index (χ4n) is 3.21. The standard InChI is InChI=1S/C15H25N5O/c1-3-13-17-14(16)11(2)15(18-13)20-5-4-12(10-20)19-6-8-21-9-7-19/h12H,3-10H2,1-2H3,(H2,16,17,18). The molecule has 0 bridgehead atoms. The number of hydrogen-bond donors (Lipinski definition) is 1. The van der Waals surface area contributed by atoms with Crippen LogP contribution in [0.25, 0.3) is 0 Å². The van der Waals surface area contributed by atoms with Crippen molar-refractivity contribution in [2.75, 3.05) is 50.0 Å². The Hall–Kier alpha value is -1.40. The van der Waals surface area contributed by atoms with Gasteiger partial charge in [0.1, 0.15) is 17.5 Å². The molecule has 2 aliphatic heterocycles. The van der Waals surface area contributed by atoms with Crippen LogP contribution in [0, 0.1) is 6.92 Å². The molecular weight excluding hydrogens is 266 g/mol. The molecule has 2 N–H and O–H groups in total. The van der Waals surface area contributed by atoms with Crippen LogP contribution in [-0.4, -0.2) is 60.3 Å². The van der Waals surface area contributed by atoms with Crippen molar-refractivity contribution in [1.82, 2.24) is 14.9 Å². The summed E-state index contributed by atoms with van der Waals surface area (Å²) in [6.07, 6.45) is 2.00. The molecule has 21 heavy (non-hydrogen) atoms. The first-order valence-corrected chi connectivity index (χ1v) is 7.88. The van der Waals surface area contributed by atoms with E-state index in [0.29, 0.717) is 11.9 Å². The Bertz CT molecular complexity index is 501. The van der Waals surface area contributed by atoms with Gasteiger partial charge < -0.3 is 15.4 Å². The molecule has 2 aliphatic rings. The van der Waals surface area contributed by atoms with Crippen molar-refractivity contribution in [2.45, 2.75) is 32.7 Å². The molecule has 0 aromatic carbocycles. The van der Waals surface area contributed by atoms with Crippen LogP contribution in [0.1, 0.15) is 24.7 Å². The van der Waals surface area contributed by atoms with Gasteiger partial charge in [0.2, 0.25) is 0 Å². The predicted molar refractivity (Wildman–Crippen MR) is 83.6 cm³/mol. The fourth-order valence-corrected chi connectivity index (χ4v) is 3.21. The second-order valence-corrected chi connectivity index (χ2v) is 5.86. The van der Waals surface area contributed by atoms with Crippen LogP contribution in [0.15, 0.2) is 0 Å². The average molecular weight is 291 g/mol. The molecule has 0 amide bonds. The van der Waals surface area contributed by atoms with E-state index in [1.165, 1.54) is 6.42 Å². The lowest BCUT2D eigenvalue weighted by atomic mass is 10.2. The van der Waals surface area contributed by atoms with Crippen molar-refractivity contribution >= 4 is 11.6 Å². The number of nitrogens with zero attached hydrogens (tertiary/aromatic N) is 4. The number of ether oxygens (including phenoxy) is 1. The van der Waals surface area contributed by atoms with Crippen molar-refractivity contribution in [3.8, 4) is 0 Å². The van der Waals surface area contributed by atoms with Gasteiger partial charge >= 0.3 is 0 Å². The Labute approximate surface area is 126 Å². The summed E-state index contributed by atoms with van der Waals surface area (Å²) in [7, 11) is 0. The summed E-state index contributed by atoms with van der Waals surface area (Å²) < 4.78 is 5.44. The van der Waals surface area contributed by atoms with Crippen molar-refractivity contribution in [3.05, 3.63) is 11.4 Å². The zero-order valence-electron chi connectivity index (χ0n) is 13.0. The van der Waals surface area contributed by atoms with Crippen molar-refractivity contribution < 1.29 is 4.74 Å². The number of anilines is 2. The van der Waals surface area contributed by atoms with E-state index >= 15 is 0 Å². The van der Waals surface area contributed by atoms with E-state index in [9.17, 15) is 0 Å². The van der Waals surface area contributed by atoms with Gasteiger partial charge in [-0.3, -0.25) is 4.90 Å². The Kier molecular flexibility index (Phi) is 4.26. The first-order valence-electron chi connectivity index (χ1n) is 7.88. The summed E-state index contributed by atoms with van der Waals surface area (Å²) in [5, 5.41) is 0. The molecule has 1 atom stereocenters. The minimum absolute atomic E-state index is 0.606. The van der Waals surface area contributed by atoms with Gasteiger partial charge in [-0.25, -0.2) is 9.97 Å². The third kappa shape index (κ3) is 2.96. The van der Waals surface area contributed by atoms with E-state index in [1.54, 1.807) is 0 Å². The van der Waals surface area contributed by atoms with Crippen molar-refractivity contribution in [1.29, 1.82) is 0 Å². The van der Waals surface area contributed by atoms with E-state index in [2.05, 4.69) is 21.7 Å². The lowest BCUT2D eigenvalue weighted by Crippen LogP contribution is -2.44. The summed E-state index contributed by atoms with van der Waals surface area (Å²) >= 11 is 0. The summed E-state index contributed by atoms with van der Waals surface area (Å²) in [4.78, 5) is 14.0. The number of aromatic nitrogens is 2. The zero-order chi connectivity index (χ0) is 14.8. The van der Waals surface area contributed by atoms with Crippen LogP contribution in [0.4, 0.5) is 11.6 Å². The lowest BCUT2D eigenvalue weighted by Gasteiger charge is -2.32.